The van der Waals surface area contributed by atoms with Gasteiger partial charge in [0.2, 0.25) is 0 Å². The SMILES string of the molecule is CCN(CC)CCO/N=C(\CCC(=O)O)c1nc2ccccc2n(C2CC3CCCC(C2)N3)c1=O. The van der Waals surface area contributed by atoms with Crippen LogP contribution in [0.3, 0.4) is 0 Å². The number of fused-ring (bicyclic) bond motifs is 3. The molecule has 2 unspecified atom stereocenters. The molecule has 0 spiro atoms. The van der Waals surface area contributed by atoms with Gasteiger partial charge in [-0.1, -0.05) is 37.6 Å². The maximum Gasteiger partial charge on any atom is 0.303 e. The molecule has 2 fully saturated rings. The van der Waals surface area contributed by atoms with E-state index in [0.717, 1.165) is 44.3 Å². The van der Waals surface area contributed by atoms with Gasteiger partial charge in [-0.3, -0.25) is 9.59 Å². The Hall–Kier alpha value is -2.78. The van der Waals surface area contributed by atoms with Crippen molar-refractivity contribution in [2.75, 3.05) is 26.2 Å². The number of piperidine rings is 2. The maximum atomic E-state index is 13.9. The van der Waals surface area contributed by atoms with Crippen molar-refractivity contribution in [3.8, 4) is 0 Å². The van der Waals surface area contributed by atoms with Crippen LogP contribution in [0.5, 0.6) is 0 Å². The first-order chi connectivity index (χ1) is 17.0. The third-order valence-corrected chi connectivity index (χ3v) is 7.27. The first-order valence-electron chi connectivity index (χ1n) is 12.9. The van der Waals surface area contributed by atoms with Gasteiger partial charge in [0.05, 0.1) is 17.5 Å². The van der Waals surface area contributed by atoms with E-state index in [1.165, 1.54) is 6.42 Å². The van der Waals surface area contributed by atoms with Gasteiger partial charge in [-0.05, 0) is 50.9 Å². The molecule has 9 heteroatoms. The minimum Gasteiger partial charge on any atom is -0.481 e. The Labute approximate surface area is 206 Å². The normalized spacial score (nSPS) is 22.5. The lowest BCUT2D eigenvalue weighted by Gasteiger charge is -2.41. The number of nitrogens with zero attached hydrogens (tertiary/aromatic N) is 4. The number of rotatable bonds is 11. The van der Waals surface area contributed by atoms with Gasteiger partial charge in [-0.25, -0.2) is 4.98 Å². The summed E-state index contributed by atoms with van der Waals surface area (Å²) < 4.78 is 1.88. The van der Waals surface area contributed by atoms with Gasteiger partial charge in [0, 0.05) is 31.1 Å². The van der Waals surface area contributed by atoms with Gasteiger partial charge in [-0.15, -0.1) is 0 Å². The Balaban J connectivity index is 1.70. The molecule has 4 rings (SSSR count). The largest absolute Gasteiger partial charge is 0.481 e. The molecule has 190 valence electrons. The summed E-state index contributed by atoms with van der Waals surface area (Å²) >= 11 is 0. The van der Waals surface area contributed by atoms with Crippen molar-refractivity contribution in [2.45, 2.75) is 76.9 Å². The van der Waals surface area contributed by atoms with E-state index < -0.39 is 5.97 Å². The van der Waals surface area contributed by atoms with Gasteiger partial charge in [0.1, 0.15) is 12.3 Å². The second-order valence-electron chi connectivity index (χ2n) is 9.53. The summed E-state index contributed by atoms with van der Waals surface area (Å²) in [5.74, 6) is -0.951. The zero-order valence-electron chi connectivity index (χ0n) is 20.8. The van der Waals surface area contributed by atoms with E-state index in [-0.39, 0.29) is 30.1 Å². The molecule has 3 heterocycles. The Kier molecular flexibility index (Phi) is 8.51. The highest BCUT2D eigenvalue weighted by Crippen LogP contribution is 2.33. The van der Waals surface area contributed by atoms with Crippen molar-refractivity contribution >= 4 is 22.7 Å². The molecule has 2 atom stereocenters. The van der Waals surface area contributed by atoms with Crippen LogP contribution >= 0.6 is 0 Å². The van der Waals surface area contributed by atoms with Crippen molar-refractivity contribution in [1.82, 2.24) is 19.8 Å². The fraction of sp³-hybridized carbons (Fsp3) is 0.615. The van der Waals surface area contributed by atoms with Crippen LogP contribution in [0.25, 0.3) is 11.0 Å². The van der Waals surface area contributed by atoms with Crippen LogP contribution in [-0.2, 0) is 9.63 Å². The van der Waals surface area contributed by atoms with Gasteiger partial charge < -0.3 is 24.7 Å². The number of benzene rings is 1. The summed E-state index contributed by atoms with van der Waals surface area (Å²) in [5, 5.41) is 17.3. The maximum absolute atomic E-state index is 13.9. The van der Waals surface area contributed by atoms with Crippen molar-refractivity contribution in [1.29, 1.82) is 0 Å². The molecule has 2 aliphatic rings. The van der Waals surface area contributed by atoms with Crippen LogP contribution in [0.1, 0.15) is 70.5 Å². The molecular formula is C26H37N5O4. The molecule has 9 nitrogen and oxygen atoms in total. The quantitative estimate of drug-likeness (QED) is 0.287. The molecule has 2 N–H and O–H groups in total. The molecule has 2 aromatic rings. The van der Waals surface area contributed by atoms with Gasteiger partial charge in [0.25, 0.3) is 5.56 Å². The van der Waals surface area contributed by atoms with Crippen molar-refractivity contribution in [3.63, 3.8) is 0 Å². The van der Waals surface area contributed by atoms with E-state index in [1.54, 1.807) is 0 Å². The third-order valence-electron chi connectivity index (χ3n) is 7.27. The van der Waals surface area contributed by atoms with Gasteiger partial charge in [-0.2, -0.15) is 0 Å². The number of nitrogens with one attached hydrogen (secondary N) is 1. The Bertz CT molecular complexity index is 1100. The van der Waals surface area contributed by atoms with E-state index in [0.29, 0.717) is 36.5 Å². The lowest BCUT2D eigenvalue weighted by atomic mass is 9.83. The molecule has 2 aliphatic heterocycles. The molecule has 0 amide bonds. The Morgan fingerprint density at radius 1 is 1.20 bits per heavy atom. The molecule has 0 aliphatic carbocycles. The third kappa shape index (κ3) is 6.08. The summed E-state index contributed by atoms with van der Waals surface area (Å²) in [4.78, 5) is 37.7. The first kappa shape index (κ1) is 25.3. The van der Waals surface area contributed by atoms with Crippen LogP contribution in [0.15, 0.2) is 34.2 Å². The molecule has 1 aromatic heterocycles. The predicted molar refractivity (Wildman–Crippen MR) is 136 cm³/mol. The fourth-order valence-corrected chi connectivity index (χ4v) is 5.42. The molecule has 0 saturated carbocycles. The molecule has 1 aromatic carbocycles. The van der Waals surface area contributed by atoms with E-state index in [4.69, 9.17) is 4.84 Å². The first-order valence-corrected chi connectivity index (χ1v) is 12.9. The second-order valence-corrected chi connectivity index (χ2v) is 9.53. The number of carbonyl (C=O) groups is 1. The lowest BCUT2D eigenvalue weighted by molar-refractivity contribution is -0.136. The average Bonchev–Trinajstić information content (AvgIpc) is 2.85. The predicted octanol–water partition coefficient (Wildman–Crippen LogP) is 3.17. The minimum atomic E-state index is -0.951. The highest BCUT2D eigenvalue weighted by atomic mass is 16.6. The minimum absolute atomic E-state index is 0.0648. The number of hydrogen-bond donors (Lipinski definition) is 2. The summed E-state index contributed by atoms with van der Waals surface area (Å²) in [7, 11) is 0. The lowest BCUT2D eigenvalue weighted by Crippen LogP contribution is -2.50. The van der Waals surface area contributed by atoms with E-state index in [9.17, 15) is 14.7 Å². The zero-order valence-corrected chi connectivity index (χ0v) is 20.8. The number of carboxylic acid groups (broad SMARTS) is 1. The van der Waals surface area contributed by atoms with E-state index >= 15 is 0 Å². The van der Waals surface area contributed by atoms with Crippen molar-refractivity contribution < 1.29 is 14.7 Å². The monoisotopic (exact) mass is 483 g/mol. The van der Waals surface area contributed by atoms with Crippen LogP contribution in [0.2, 0.25) is 0 Å². The number of aliphatic carboxylic acids is 1. The zero-order chi connectivity index (χ0) is 24.8. The van der Waals surface area contributed by atoms with Crippen molar-refractivity contribution in [3.05, 3.63) is 40.3 Å². The second kappa shape index (κ2) is 11.8. The molecular weight excluding hydrogens is 446 g/mol. The van der Waals surface area contributed by atoms with Crippen LogP contribution in [0, 0.1) is 0 Å². The number of para-hydroxylation sites is 2. The highest BCUT2D eigenvalue weighted by molar-refractivity contribution is 6.00. The summed E-state index contributed by atoms with van der Waals surface area (Å²) in [5.41, 5.74) is 1.79. The molecule has 35 heavy (non-hydrogen) atoms. The number of carboxylic acids is 1. The fourth-order valence-electron chi connectivity index (χ4n) is 5.42. The number of oxime groups is 1. The van der Waals surface area contributed by atoms with E-state index in [2.05, 4.69) is 34.2 Å². The van der Waals surface area contributed by atoms with Crippen LogP contribution < -0.4 is 10.9 Å². The summed E-state index contributed by atoms with van der Waals surface area (Å²) in [6, 6.07) is 8.57. The number of hydrogen-bond acceptors (Lipinski definition) is 7. The molecule has 2 saturated heterocycles. The highest BCUT2D eigenvalue weighted by Gasteiger charge is 2.34. The topological polar surface area (TPSA) is 109 Å². The smallest absolute Gasteiger partial charge is 0.303 e. The van der Waals surface area contributed by atoms with Crippen LogP contribution in [-0.4, -0.2) is 69.6 Å². The van der Waals surface area contributed by atoms with Crippen molar-refractivity contribution in [2.24, 2.45) is 5.16 Å². The summed E-state index contributed by atoms with van der Waals surface area (Å²) in [6.45, 7) is 7.05. The van der Waals surface area contributed by atoms with Gasteiger partial charge >= 0.3 is 5.97 Å². The molecule has 0 radical (unpaired) electrons. The summed E-state index contributed by atoms with van der Waals surface area (Å²) in [6.07, 6.45) is 5.20. The Morgan fingerprint density at radius 2 is 1.91 bits per heavy atom. The number of likely N-dealkylation sites (N-methyl/N-ethyl adjacent to an activating group) is 1. The Morgan fingerprint density at radius 3 is 2.60 bits per heavy atom. The number of aromatic nitrogens is 2. The molecule has 2 bridgehead atoms. The average molecular weight is 484 g/mol. The van der Waals surface area contributed by atoms with Crippen LogP contribution in [0.4, 0.5) is 0 Å². The van der Waals surface area contributed by atoms with E-state index in [1.807, 2.05) is 28.8 Å². The van der Waals surface area contributed by atoms with Gasteiger partial charge in [0.15, 0.2) is 5.69 Å². The standard InChI is InChI=1S/C26H37N5O4/c1-3-30(4-2)14-15-35-29-22(12-13-24(32)33)25-26(34)31(23-11-6-5-10-21(23)28-25)20-16-18-8-7-9-19(17-20)27-18/h5-6,10-11,18-20,27H,3-4,7-9,12-17H2,1-2H3,(H,32,33)/b29-22+.